The second-order valence-electron chi connectivity index (χ2n) is 7.34. The molecule has 2 heterocycles. The quantitative estimate of drug-likeness (QED) is 0.649. The van der Waals surface area contributed by atoms with Crippen molar-refractivity contribution in [3.05, 3.63) is 59.5 Å². The number of methoxy groups -OCH3 is 1. The highest BCUT2D eigenvalue weighted by Gasteiger charge is 2.30. The van der Waals surface area contributed by atoms with Crippen molar-refractivity contribution < 1.29 is 19.4 Å². The van der Waals surface area contributed by atoms with Crippen LogP contribution in [0.1, 0.15) is 22.3 Å². The molecular weight excluding hydrogens is 368 g/mol. The second-order valence-corrected chi connectivity index (χ2v) is 7.34. The first kappa shape index (κ1) is 19.1. The summed E-state index contributed by atoms with van der Waals surface area (Å²) in [5.41, 5.74) is 2.11. The summed E-state index contributed by atoms with van der Waals surface area (Å²) in [4.78, 5) is 14.9. The monoisotopic (exact) mass is 391 g/mol. The van der Waals surface area contributed by atoms with Gasteiger partial charge in [-0.3, -0.25) is 4.79 Å². The molecule has 0 aliphatic carbocycles. The SMILES string of the molecule is COc1ccc2c(c1)c(C=C1Oc3c[c]cc(O)c3C1=O)cn2CCCN(C)C. The minimum Gasteiger partial charge on any atom is -0.507 e. The van der Waals surface area contributed by atoms with Gasteiger partial charge in [-0.2, -0.15) is 0 Å². The van der Waals surface area contributed by atoms with Crippen LogP contribution in [0.15, 0.2) is 42.3 Å². The molecule has 0 atom stereocenters. The van der Waals surface area contributed by atoms with Crippen molar-refractivity contribution in [3.63, 3.8) is 0 Å². The van der Waals surface area contributed by atoms with Gasteiger partial charge in [-0.25, -0.2) is 0 Å². The van der Waals surface area contributed by atoms with E-state index in [4.69, 9.17) is 9.47 Å². The highest BCUT2D eigenvalue weighted by molar-refractivity contribution is 6.16. The molecule has 4 rings (SSSR count). The number of hydrogen-bond donors (Lipinski definition) is 1. The number of aromatic nitrogens is 1. The standard InChI is InChI=1S/C23H23N2O4/c1-24(2)10-5-11-25-14-15(17-13-16(28-3)8-9-18(17)25)12-21-23(27)22-19(26)6-4-7-20(22)29-21/h6-9,12-14,26H,5,10-11H2,1-3H3. The highest BCUT2D eigenvalue weighted by Crippen LogP contribution is 2.38. The van der Waals surface area contributed by atoms with E-state index in [1.54, 1.807) is 19.3 Å². The number of hydrogen-bond acceptors (Lipinski definition) is 5. The smallest absolute Gasteiger partial charge is 0.235 e. The molecule has 3 aromatic rings. The number of aryl methyl sites for hydroxylation is 1. The fraction of sp³-hybridized carbons (Fsp3) is 0.261. The number of fused-ring (bicyclic) bond motifs is 2. The van der Waals surface area contributed by atoms with Crippen LogP contribution in [0.4, 0.5) is 0 Å². The van der Waals surface area contributed by atoms with Crippen molar-refractivity contribution >= 4 is 22.8 Å². The lowest BCUT2D eigenvalue weighted by molar-refractivity contribution is 0.101. The van der Waals surface area contributed by atoms with Gasteiger partial charge in [0.2, 0.25) is 5.78 Å². The first-order valence-electron chi connectivity index (χ1n) is 9.47. The van der Waals surface area contributed by atoms with Gasteiger partial charge in [0.1, 0.15) is 22.8 Å². The van der Waals surface area contributed by atoms with Gasteiger partial charge < -0.3 is 24.0 Å². The normalized spacial score (nSPS) is 14.6. The molecule has 1 aliphatic heterocycles. The molecular formula is C23H23N2O4. The minimum atomic E-state index is -0.331. The fourth-order valence-electron chi connectivity index (χ4n) is 3.59. The summed E-state index contributed by atoms with van der Waals surface area (Å²) in [5.74, 6) is 0.808. The van der Waals surface area contributed by atoms with Crippen LogP contribution in [0.3, 0.4) is 0 Å². The number of benzene rings is 2. The Hall–Kier alpha value is -3.25. The van der Waals surface area contributed by atoms with Crippen molar-refractivity contribution in [2.24, 2.45) is 0 Å². The Bertz CT molecular complexity index is 1110. The summed E-state index contributed by atoms with van der Waals surface area (Å²) in [5, 5.41) is 11.0. The molecule has 2 aromatic carbocycles. The summed E-state index contributed by atoms with van der Waals surface area (Å²) in [6, 6.07) is 11.6. The van der Waals surface area contributed by atoms with Crippen molar-refractivity contribution in [3.8, 4) is 17.2 Å². The number of ether oxygens (including phenoxy) is 2. The lowest BCUT2D eigenvalue weighted by Gasteiger charge is -2.10. The van der Waals surface area contributed by atoms with Crippen LogP contribution in [0.25, 0.3) is 17.0 Å². The van der Waals surface area contributed by atoms with Gasteiger partial charge in [0.15, 0.2) is 5.76 Å². The molecule has 0 saturated heterocycles. The van der Waals surface area contributed by atoms with E-state index in [1.165, 1.54) is 6.07 Å². The van der Waals surface area contributed by atoms with Crippen molar-refractivity contribution in [1.29, 1.82) is 0 Å². The molecule has 29 heavy (non-hydrogen) atoms. The van der Waals surface area contributed by atoms with E-state index in [9.17, 15) is 9.90 Å². The van der Waals surface area contributed by atoms with Gasteiger partial charge in [0.05, 0.1) is 7.11 Å². The van der Waals surface area contributed by atoms with E-state index < -0.39 is 0 Å². The fourth-order valence-corrected chi connectivity index (χ4v) is 3.59. The summed E-state index contributed by atoms with van der Waals surface area (Å²) in [7, 11) is 5.75. The number of phenolic OH excluding ortho intramolecular Hbond substituents is 1. The van der Waals surface area contributed by atoms with Gasteiger partial charge in [-0.05, 0) is 69.5 Å². The number of Topliss-reactive ketones (excluding diaryl/α,β-unsaturated/α-hetero) is 1. The van der Waals surface area contributed by atoms with E-state index in [2.05, 4.69) is 29.6 Å². The van der Waals surface area contributed by atoms with Gasteiger partial charge >= 0.3 is 0 Å². The average Bonchev–Trinajstić information content (AvgIpc) is 3.20. The van der Waals surface area contributed by atoms with Crippen LogP contribution < -0.4 is 9.47 Å². The zero-order chi connectivity index (χ0) is 20.5. The molecule has 0 spiro atoms. The largest absolute Gasteiger partial charge is 0.507 e. The first-order valence-corrected chi connectivity index (χ1v) is 9.47. The number of aromatic hydroxyl groups is 1. The third kappa shape index (κ3) is 3.59. The molecule has 0 fully saturated rings. The Morgan fingerprint density at radius 2 is 2.14 bits per heavy atom. The topological polar surface area (TPSA) is 63.9 Å². The first-order chi connectivity index (χ1) is 14.0. The van der Waals surface area contributed by atoms with Gasteiger partial charge in [-0.15, -0.1) is 0 Å². The predicted octanol–water partition coefficient (Wildman–Crippen LogP) is 3.72. The Morgan fingerprint density at radius 1 is 1.31 bits per heavy atom. The van der Waals surface area contributed by atoms with Crippen LogP contribution in [0.2, 0.25) is 0 Å². The number of carbonyl (C=O) groups excluding carboxylic acids is 1. The lowest BCUT2D eigenvalue weighted by atomic mass is 10.1. The predicted molar refractivity (Wildman–Crippen MR) is 112 cm³/mol. The van der Waals surface area contributed by atoms with Gasteiger partial charge in [0, 0.05) is 29.2 Å². The van der Waals surface area contributed by atoms with E-state index >= 15 is 0 Å². The van der Waals surface area contributed by atoms with Crippen LogP contribution in [-0.4, -0.2) is 48.1 Å². The molecule has 1 N–H and O–H groups in total. The number of nitrogens with zero attached hydrogens (tertiary/aromatic N) is 2. The summed E-state index contributed by atoms with van der Waals surface area (Å²) in [6.45, 7) is 1.84. The zero-order valence-electron chi connectivity index (χ0n) is 16.7. The molecule has 1 aliphatic rings. The molecule has 1 aromatic heterocycles. The van der Waals surface area contributed by atoms with E-state index in [0.717, 1.165) is 41.7 Å². The molecule has 0 saturated carbocycles. The third-order valence-electron chi connectivity index (χ3n) is 5.02. The number of ketones is 1. The Kier molecular flexibility index (Phi) is 5.03. The van der Waals surface area contributed by atoms with E-state index in [0.29, 0.717) is 5.75 Å². The maximum absolute atomic E-state index is 12.7. The second kappa shape index (κ2) is 7.64. The van der Waals surface area contributed by atoms with Crippen LogP contribution in [-0.2, 0) is 6.54 Å². The number of carbonyl (C=O) groups is 1. The molecule has 0 bridgehead atoms. The maximum Gasteiger partial charge on any atom is 0.235 e. The molecule has 149 valence electrons. The molecule has 0 unspecified atom stereocenters. The summed E-state index contributed by atoms with van der Waals surface area (Å²) in [6.07, 6.45) is 4.76. The Balaban J connectivity index is 1.74. The van der Waals surface area contributed by atoms with Crippen molar-refractivity contribution in [2.45, 2.75) is 13.0 Å². The molecule has 6 heteroatoms. The van der Waals surface area contributed by atoms with Gasteiger partial charge in [-0.1, -0.05) is 0 Å². The van der Waals surface area contributed by atoms with Crippen molar-refractivity contribution in [1.82, 2.24) is 9.47 Å². The molecule has 0 amide bonds. The van der Waals surface area contributed by atoms with Gasteiger partial charge in [0.25, 0.3) is 0 Å². The number of rotatable bonds is 6. The Morgan fingerprint density at radius 3 is 2.86 bits per heavy atom. The minimum absolute atomic E-state index is 0.122. The molecule has 6 nitrogen and oxygen atoms in total. The molecule has 1 radical (unpaired) electrons. The average molecular weight is 391 g/mol. The summed E-state index contributed by atoms with van der Waals surface area (Å²) >= 11 is 0. The lowest BCUT2D eigenvalue weighted by Crippen LogP contribution is -2.14. The van der Waals surface area contributed by atoms with Crippen LogP contribution in [0, 0.1) is 6.07 Å². The highest BCUT2D eigenvalue weighted by atomic mass is 16.5. The van der Waals surface area contributed by atoms with E-state index in [1.807, 2.05) is 24.4 Å². The van der Waals surface area contributed by atoms with Crippen molar-refractivity contribution in [2.75, 3.05) is 27.7 Å². The number of allylic oxidation sites excluding steroid dienone is 1. The summed E-state index contributed by atoms with van der Waals surface area (Å²) < 4.78 is 13.3. The Labute approximate surface area is 169 Å². The zero-order valence-corrected chi connectivity index (χ0v) is 16.7. The maximum atomic E-state index is 12.7. The third-order valence-corrected chi connectivity index (χ3v) is 5.02. The van der Waals surface area contributed by atoms with Crippen LogP contribution in [0.5, 0.6) is 17.2 Å². The number of phenols is 1. The van der Waals surface area contributed by atoms with E-state index in [-0.39, 0.29) is 22.9 Å². The van der Waals surface area contributed by atoms with Crippen LogP contribution >= 0.6 is 0 Å².